The van der Waals surface area contributed by atoms with E-state index >= 15 is 0 Å². The predicted octanol–water partition coefficient (Wildman–Crippen LogP) is 17.5. The molecule has 0 fully saturated rings. The molecule has 0 saturated heterocycles. The van der Waals surface area contributed by atoms with Crippen molar-refractivity contribution in [3.63, 3.8) is 0 Å². The Bertz CT molecular complexity index is 3570. The number of nitrogens with zero attached hydrogens (tertiary/aromatic N) is 2. The maximum atomic E-state index is 2.51. The standard InChI is InChI=1S/C64H48N2/c1-43-26-32-49(33-27-43)65(52-38-39-56-55-22-13-14-25-59(55)64(2,3)60(56)42-52)50-36-30-46(31-37-50)53-23-15-24-57-54(53)40-41-58-61(47-18-9-5-10-19-47)62(48-20-11-6-12-21-48)66(63(57)58)51-34-28-45(29-35-51)44-16-7-4-8-17-44/h4-42H,1-3H3. The van der Waals surface area contributed by atoms with Gasteiger partial charge in [-0.25, -0.2) is 0 Å². The maximum absolute atomic E-state index is 2.51. The topological polar surface area (TPSA) is 8.17 Å². The van der Waals surface area contributed by atoms with Crippen LogP contribution >= 0.6 is 0 Å². The van der Waals surface area contributed by atoms with Gasteiger partial charge in [-0.05, 0) is 116 Å². The molecular weight excluding hydrogens is 797 g/mol. The summed E-state index contributed by atoms with van der Waals surface area (Å²) in [5, 5.41) is 3.65. The largest absolute Gasteiger partial charge is 0.310 e. The van der Waals surface area contributed by atoms with Gasteiger partial charge in [0.25, 0.3) is 0 Å². The van der Waals surface area contributed by atoms with E-state index in [1.54, 1.807) is 0 Å². The van der Waals surface area contributed by atoms with E-state index in [9.17, 15) is 0 Å². The first kappa shape index (κ1) is 39.4. The lowest BCUT2D eigenvalue weighted by molar-refractivity contribution is 0.660. The van der Waals surface area contributed by atoms with Crippen LogP contribution in [-0.4, -0.2) is 4.57 Å². The maximum Gasteiger partial charge on any atom is 0.0620 e. The van der Waals surface area contributed by atoms with Crippen molar-refractivity contribution in [2.75, 3.05) is 4.90 Å². The molecule has 1 heterocycles. The molecule has 2 nitrogen and oxygen atoms in total. The van der Waals surface area contributed by atoms with Gasteiger partial charge < -0.3 is 9.47 Å². The van der Waals surface area contributed by atoms with Crippen LogP contribution in [0.4, 0.5) is 17.1 Å². The van der Waals surface area contributed by atoms with Crippen molar-refractivity contribution in [3.05, 3.63) is 253 Å². The van der Waals surface area contributed by atoms with Crippen LogP contribution in [0, 0.1) is 6.92 Å². The molecule has 0 spiro atoms. The van der Waals surface area contributed by atoms with Crippen molar-refractivity contribution < 1.29 is 0 Å². The highest BCUT2D eigenvalue weighted by Crippen LogP contribution is 2.51. The number of benzene rings is 10. The monoisotopic (exact) mass is 844 g/mol. The van der Waals surface area contributed by atoms with Gasteiger partial charge in [0.2, 0.25) is 0 Å². The summed E-state index contributed by atoms with van der Waals surface area (Å²) in [6.45, 7) is 6.86. The summed E-state index contributed by atoms with van der Waals surface area (Å²) >= 11 is 0. The fourth-order valence-corrected chi connectivity index (χ4v) is 10.6. The first-order chi connectivity index (χ1) is 32.4. The highest BCUT2D eigenvalue weighted by Gasteiger charge is 2.36. The molecule has 0 aliphatic heterocycles. The highest BCUT2D eigenvalue weighted by atomic mass is 15.1. The van der Waals surface area contributed by atoms with Crippen molar-refractivity contribution in [2.45, 2.75) is 26.2 Å². The molecule has 0 bridgehead atoms. The average molecular weight is 845 g/mol. The van der Waals surface area contributed by atoms with E-state index in [4.69, 9.17) is 0 Å². The Hall–Kier alpha value is -8.20. The third kappa shape index (κ3) is 6.48. The van der Waals surface area contributed by atoms with Crippen molar-refractivity contribution in [2.24, 2.45) is 0 Å². The van der Waals surface area contributed by atoms with E-state index in [1.165, 1.54) is 94.1 Å². The lowest BCUT2D eigenvalue weighted by atomic mass is 9.82. The van der Waals surface area contributed by atoms with E-state index in [1.807, 2.05) is 0 Å². The number of aryl methyl sites for hydroxylation is 1. The number of aromatic nitrogens is 1. The molecule has 66 heavy (non-hydrogen) atoms. The van der Waals surface area contributed by atoms with Crippen LogP contribution in [0.2, 0.25) is 0 Å². The summed E-state index contributed by atoms with van der Waals surface area (Å²) in [5.74, 6) is 0. The molecule has 0 radical (unpaired) electrons. The predicted molar refractivity (Wildman–Crippen MR) is 280 cm³/mol. The number of hydrogen-bond donors (Lipinski definition) is 0. The lowest BCUT2D eigenvalue weighted by Crippen LogP contribution is -2.16. The van der Waals surface area contributed by atoms with Gasteiger partial charge in [-0.15, -0.1) is 0 Å². The smallest absolute Gasteiger partial charge is 0.0620 e. The van der Waals surface area contributed by atoms with E-state index in [0.717, 1.165) is 22.7 Å². The molecule has 2 heteroatoms. The zero-order valence-corrected chi connectivity index (χ0v) is 37.4. The Kier molecular flexibility index (Phi) is 9.43. The third-order valence-electron chi connectivity index (χ3n) is 13.9. The summed E-state index contributed by atoms with van der Waals surface area (Å²) in [5.41, 5.74) is 21.8. The minimum absolute atomic E-state index is 0.0975. The zero-order chi connectivity index (χ0) is 44.4. The lowest BCUT2D eigenvalue weighted by Gasteiger charge is -2.28. The van der Waals surface area contributed by atoms with Crippen molar-refractivity contribution in [1.29, 1.82) is 0 Å². The third-order valence-corrected chi connectivity index (χ3v) is 13.9. The Morgan fingerprint density at radius 3 is 1.59 bits per heavy atom. The van der Waals surface area contributed by atoms with E-state index in [2.05, 4.69) is 267 Å². The van der Waals surface area contributed by atoms with Crippen LogP contribution in [-0.2, 0) is 5.41 Å². The number of hydrogen-bond acceptors (Lipinski definition) is 1. The number of fused-ring (bicyclic) bond motifs is 6. The molecule has 0 N–H and O–H groups in total. The fourth-order valence-electron chi connectivity index (χ4n) is 10.6. The van der Waals surface area contributed by atoms with E-state index < -0.39 is 0 Å². The molecule has 11 aromatic rings. The number of anilines is 3. The molecule has 0 amide bonds. The normalized spacial score (nSPS) is 12.6. The Balaban J connectivity index is 1.02. The molecule has 1 aromatic heterocycles. The second-order valence-corrected chi connectivity index (χ2v) is 18.2. The summed E-state index contributed by atoms with van der Waals surface area (Å²) in [6, 6.07) is 87.0. The van der Waals surface area contributed by atoms with Gasteiger partial charge in [0, 0.05) is 44.5 Å². The van der Waals surface area contributed by atoms with Crippen LogP contribution in [0.5, 0.6) is 0 Å². The molecular formula is C64H48N2. The van der Waals surface area contributed by atoms with E-state index in [0.29, 0.717) is 0 Å². The van der Waals surface area contributed by atoms with Gasteiger partial charge in [-0.3, -0.25) is 0 Å². The van der Waals surface area contributed by atoms with Crippen LogP contribution in [0.3, 0.4) is 0 Å². The molecule has 0 atom stereocenters. The minimum Gasteiger partial charge on any atom is -0.310 e. The molecule has 0 unspecified atom stereocenters. The van der Waals surface area contributed by atoms with E-state index in [-0.39, 0.29) is 5.41 Å². The average Bonchev–Trinajstić information content (AvgIpc) is 3.84. The Morgan fingerprint density at radius 2 is 0.894 bits per heavy atom. The molecule has 12 rings (SSSR count). The van der Waals surface area contributed by atoms with Crippen molar-refractivity contribution in [1.82, 2.24) is 4.57 Å². The van der Waals surface area contributed by atoms with Gasteiger partial charge in [0.1, 0.15) is 0 Å². The van der Waals surface area contributed by atoms with Crippen LogP contribution in [0.1, 0.15) is 30.5 Å². The molecule has 0 saturated carbocycles. The Labute approximate surface area is 387 Å². The molecule has 10 aromatic carbocycles. The van der Waals surface area contributed by atoms with Crippen molar-refractivity contribution in [3.8, 4) is 61.5 Å². The van der Waals surface area contributed by atoms with Gasteiger partial charge in [0.15, 0.2) is 0 Å². The summed E-state index contributed by atoms with van der Waals surface area (Å²) < 4.78 is 2.51. The van der Waals surface area contributed by atoms with Gasteiger partial charge in [-0.1, -0.05) is 207 Å². The molecule has 1 aliphatic rings. The first-order valence-corrected chi connectivity index (χ1v) is 23.0. The Morgan fingerprint density at radius 1 is 0.364 bits per heavy atom. The molecule has 1 aliphatic carbocycles. The minimum atomic E-state index is -0.0975. The zero-order valence-electron chi connectivity index (χ0n) is 37.4. The highest BCUT2D eigenvalue weighted by molar-refractivity contribution is 6.18. The van der Waals surface area contributed by atoms with Gasteiger partial charge >= 0.3 is 0 Å². The fraction of sp³-hybridized carbons (Fsp3) is 0.0625. The summed E-state index contributed by atoms with van der Waals surface area (Å²) in [4.78, 5) is 2.40. The second kappa shape index (κ2) is 15.8. The number of rotatable bonds is 8. The first-order valence-electron chi connectivity index (χ1n) is 23.0. The summed E-state index contributed by atoms with van der Waals surface area (Å²) in [7, 11) is 0. The van der Waals surface area contributed by atoms with Crippen LogP contribution in [0.15, 0.2) is 237 Å². The van der Waals surface area contributed by atoms with Crippen LogP contribution < -0.4 is 4.90 Å². The SMILES string of the molecule is Cc1ccc(N(c2ccc(-c3cccc4c3ccc3c(-c5ccccc5)c(-c5ccccc5)n(-c5ccc(-c6ccccc6)cc5)c34)cc2)c2ccc3c(c2)C(C)(C)c2ccccc2-3)cc1. The van der Waals surface area contributed by atoms with Gasteiger partial charge in [-0.2, -0.15) is 0 Å². The summed E-state index contributed by atoms with van der Waals surface area (Å²) in [6.07, 6.45) is 0. The second-order valence-electron chi connectivity index (χ2n) is 18.2. The van der Waals surface area contributed by atoms with Gasteiger partial charge in [0.05, 0.1) is 11.2 Å². The van der Waals surface area contributed by atoms with Crippen molar-refractivity contribution >= 4 is 38.7 Å². The quantitative estimate of drug-likeness (QED) is 0.148. The van der Waals surface area contributed by atoms with Crippen LogP contribution in [0.25, 0.3) is 83.1 Å². The molecule has 314 valence electrons.